The summed E-state index contributed by atoms with van der Waals surface area (Å²) in [7, 11) is 1.60. The van der Waals surface area contributed by atoms with Gasteiger partial charge in [-0.05, 0) is 55.0 Å². The second-order valence-corrected chi connectivity index (χ2v) is 8.69. The number of methoxy groups -OCH3 is 1. The van der Waals surface area contributed by atoms with Gasteiger partial charge in [0.15, 0.2) is 5.82 Å². The molecule has 1 unspecified atom stereocenters. The molecule has 3 heterocycles. The Morgan fingerprint density at radius 3 is 2.71 bits per heavy atom. The maximum atomic E-state index is 13.5. The molecule has 1 amide bonds. The summed E-state index contributed by atoms with van der Waals surface area (Å²) in [5.74, 6) is 1.32. The smallest absolute Gasteiger partial charge is 0.255 e. The van der Waals surface area contributed by atoms with Crippen molar-refractivity contribution in [2.75, 3.05) is 17.7 Å². The number of allylic oxidation sites excluding steroid dienone is 1. The number of nitrogens with zero attached hydrogens (tertiary/aromatic N) is 4. The fourth-order valence-corrected chi connectivity index (χ4v) is 4.26. The first-order valence-electron chi connectivity index (χ1n) is 10.7. The molecule has 1 atom stereocenters. The normalized spacial score (nSPS) is 14.8. The Balaban J connectivity index is 1.62. The third-order valence-electron chi connectivity index (χ3n) is 5.60. The number of hydrogen-bond acceptors (Lipinski definition) is 6. The molecule has 1 aliphatic rings. The van der Waals surface area contributed by atoms with Crippen LogP contribution in [0, 0.1) is 0 Å². The molecule has 0 bridgehead atoms. The Morgan fingerprint density at radius 1 is 1.11 bits per heavy atom. The first-order chi connectivity index (χ1) is 16.9. The lowest BCUT2D eigenvalue weighted by Crippen LogP contribution is -2.31. The largest absolute Gasteiger partial charge is 0.497 e. The van der Waals surface area contributed by atoms with Crippen LogP contribution in [0.5, 0.6) is 5.75 Å². The summed E-state index contributed by atoms with van der Waals surface area (Å²) in [6, 6.07) is 15.7. The van der Waals surface area contributed by atoms with E-state index >= 15 is 0 Å². The van der Waals surface area contributed by atoms with E-state index in [2.05, 4.69) is 20.6 Å². The van der Waals surface area contributed by atoms with Crippen molar-refractivity contribution in [2.24, 2.45) is 0 Å². The first kappa shape index (κ1) is 22.9. The molecule has 0 saturated heterocycles. The Bertz CT molecular complexity index is 1450. The molecule has 0 spiro atoms. The van der Waals surface area contributed by atoms with Crippen LogP contribution in [0.15, 0.2) is 78.3 Å². The number of halogens is 2. The van der Waals surface area contributed by atoms with E-state index in [0.29, 0.717) is 50.1 Å². The molecule has 0 fully saturated rings. The van der Waals surface area contributed by atoms with E-state index in [0.717, 1.165) is 5.56 Å². The highest BCUT2D eigenvalue weighted by atomic mass is 35.5. The second kappa shape index (κ2) is 9.40. The number of benzene rings is 2. The topological polar surface area (TPSA) is 94.0 Å². The zero-order valence-corrected chi connectivity index (χ0v) is 20.3. The number of fused-ring (bicyclic) bond motifs is 1. The zero-order chi connectivity index (χ0) is 24.5. The number of aromatic nitrogens is 4. The third-order valence-corrected chi connectivity index (χ3v) is 6.34. The predicted molar refractivity (Wildman–Crippen MR) is 136 cm³/mol. The van der Waals surface area contributed by atoms with Crippen molar-refractivity contribution in [2.45, 2.75) is 13.0 Å². The van der Waals surface area contributed by atoms with Crippen molar-refractivity contribution in [3.8, 4) is 17.1 Å². The number of hydrogen-bond donors (Lipinski definition) is 2. The van der Waals surface area contributed by atoms with Crippen LogP contribution in [0.25, 0.3) is 11.4 Å². The number of carbonyl (C=O) groups is 1. The van der Waals surface area contributed by atoms with Crippen LogP contribution in [0.4, 0.5) is 11.6 Å². The molecule has 2 aromatic carbocycles. The van der Waals surface area contributed by atoms with Gasteiger partial charge in [0.25, 0.3) is 5.91 Å². The average molecular weight is 507 g/mol. The number of amides is 1. The van der Waals surface area contributed by atoms with E-state index in [9.17, 15) is 4.79 Å². The summed E-state index contributed by atoms with van der Waals surface area (Å²) in [4.78, 5) is 22.3. The van der Waals surface area contributed by atoms with Crippen LogP contribution in [0.2, 0.25) is 10.0 Å². The highest BCUT2D eigenvalue weighted by molar-refractivity contribution is 6.42. The van der Waals surface area contributed by atoms with Gasteiger partial charge in [-0.1, -0.05) is 35.3 Å². The standard InChI is InChI=1S/C25H20Cl2N6O2/c1-14-21(24(34)30-17-6-4-10-28-13-17)22(15-5-3-7-18(11-15)35-2)33-25(29-14)31-23(32-33)16-8-9-19(26)20(27)12-16/h3-13,22H,1-2H3,(H,30,34)(H,29,31,32). The summed E-state index contributed by atoms with van der Waals surface area (Å²) < 4.78 is 7.13. The first-order valence-corrected chi connectivity index (χ1v) is 11.5. The Kier molecular flexibility index (Phi) is 6.15. The van der Waals surface area contributed by atoms with Gasteiger partial charge < -0.3 is 15.4 Å². The monoisotopic (exact) mass is 506 g/mol. The van der Waals surface area contributed by atoms with Crippen LogP contribution < -0.4 is 15.4 Å². The van der Waals surface area contributed by atoms with E-state index in [4.69, 9.17) is 33.0 Å². The van der Waals surface area contributed by atoms with Crippen molar-refractivity contribution >= 4 is 40.7 Å². The van der Waals surface area contributed by atoms with Crippen molar-refractivity contribution in [3.05, 3.63) is 93.9 Å². The van der Waals surface area contributed by atoms with Crippen molar-refractivity contribution in [3.63, 3.8) is 0 Å². The maximum absolute atomic E-state index is 13.5. The molecule has 8 nitrogen and oxygen atoms in total. The van der Waals surface area contributed by atoms with Crippen molar-refractivity contribution < 1.29 is 9.53 Å². The van der Waals surface area contributed by atoms with Crippen LogP contribution >= 0.6 is 23.2 Å². The molecule has 0 aliphatic carbocycles. The molecule has 176 valence electrons. The van der Waals surface area contributed by atoms with Crippen LogP contribution in [0.3, 0.4) is 0 Å². The molecule has 1 aliphatic heterocycles. The minimum absolute atomic E-state index is 0.284. The average Bonchev–Trinajstić information content (AvgIpc) is 3.29. The van der Waals surface area contributed by atoms with Gasteiger partial charge >= 0.3 is 0 Å². The number of ether oxygens (including phenoxy) is 1. The highest BCUT2D eigenvalue weighted by Gasteiger charge is 2.34. The third kappa shape index (κ3) is 4.45. The fraction of sp³-hybridized carbons (Fsp3) is 0.120. The Labute approximate surface area is 211 Å². The van der Waals surface area contributed by atoms with Gasteiger partial charge in [-0.15, -0.1) is 5.10 Å². The maximum Gasteiger partial charge on any atom is 0.255 e. The minimum atomic E-state index is -0.568. The lowest BCUT2D eigenvalue weighted by atomic mass is 9.95. The minimum Gasteiger partial charge on any atom is -0.497 e. The molecule has 5 rings (SSSR count). The summed E-state index contributed by atoms with van der Waals surface area (Å²) in [5.41, 5.74) is 3.24. The quantitative estimate of drug-likeness (QED) is 0.366. The van der Waals surface area contributed by atoms with Gasteiger partial charge in [0.05, 0.1) is 34.6 Å². The van der Waals surface area contributed by atoms with Gasteiger partial charge in [0.2, 0.25) is 5.95 Å². The van der Waals surface area contributed by atoms with Gasteiger partial charge in [-0.2, -0.15) is 4.98 Å². The molecule has 10 heteroatoms. The fourth-order valence-electron chi connectivity index (χ4n) is 3.96. The summed E-state index contributed by atoms with van der Waals surface area (Å²) in [6.07, 6.45) is 3.24. The lowest BCUT2D eigenvalue weighted by Gasteiger charge is -2.28. The van der Waals surface area contributed by atoms with Crippen molar-refractivity contribution in [1.82, 2.24) is 19.7 Å². The molecular weight excluding hydrogens is 487 g/mol. The molecule has 0 radical (unpaired) electrons. The Hall–Kier alpha value is -3.88. The summed E-state index contributed by atoms with van der Waals surface area (Å²) in [6.45, 7) is 1.84. The second-order valence-electron chi connectivity index (χ2n) is 7.87. The van der Waals surface area contributed by atoms with Crippen LogP contribution in [-0.4, -0.2) is 32.8 Å². The number of pyridine rings is 1. The summed E-state index contributed by atoms with van der Waals surface area (Å²) in [5, 5.41) is 11.8. The van der Waals surface area contributed by atoms with Gasteiger partial charge in [-0.3, -0.25) is 9.78 Å². The van der Waals surface area contributed by atoms with Crippen LogP contribution in [-0.2, 0) is 4.79 Å². The molecule has 4 aromatic rings. The number of nitrogens with one attached hydrogen (secondary N) is 2. The van der Waals surface area contributed by atoms with E-state index in [1.165, 1.54) is 0 Å². The van der Waals surface area contributed by atoms with E-state index < -0.39 is 6.04 Å². The van der Waals surface area contributed by atoms with Gasteiger partial charge in [0.1, 0.15) is 11.8 Å². The van der Waals surface area contributed by atoms with Crippen LogP contribution in [0.1, 0.15) is 18.5 Å². The molecule has 35 heavy (non-hydrogen) atoms. The number of rotatable bonds is 5. The van der Waals surface area contributed by atoms with Gasteiger partial charge in [0, 0.05) is 17.5 Å². The molecule has 2 aromatic heterocycles. The SMILES string of the molecule is COc1cccc(C2C(C(=O)Nc3cccnc3)=C(C)Nc3nc(-c4ccc(Cl)c(Cl)c4)nn32)c1. The van der Waals surface area contributed by atoms with Crippen molar-refractivity contribution in [1.29, 1.82) is 0 Å². The predicted octanol–water partition coefficient (Wildman–Crippen LogP) is 5.58. The van der Waals surface area contributed by atoms with E-state index in [-0.39, 0.29) is 5.91 Å². The zero-order valence-electron chi connectivity index (χ0n) is 18.8. The van der Waals surface area contributed by atoms with E-state index in [1.54, 1.807) is 54.5 Å². The lowest BCUT2D eigenvalue weighted by molar-refractivity contribution is -0.113. The molecule has 0 saturated carbocycles. The number of carbonyl (C=O) groups excluding carboxylic acids is 1. The highest BCUT2D eigenvalue weighted by Crippen LogP contribution is 2.38. The summed E-state index contributed by atoms with van der Waals surface area (Å²) >= 11 is 12.3. The Morgan fingerprint density at radius 2 is 1.97 bits per heavy atom. The molecule has 2 N–H and O–H groups in total. The molecular formula is C25H20Cl2N6O2. The van der Waals surface area contributed by atoms with Gasteiger partial charge in [-0.25, -0.2) is 4.68 Å². The number of anilines is 2. The van der Waals surface area contributed by atoms with E-state index in [1.807, 2.05) is 31.2 Å².